The van der Waals surface area contributed by atoms with Gasteiger partial charge in [-0.1, -0.05) is 26.0 Å². The lowest BCUT2D eigenvalue weighted by molar-refractivity contribution is -0.126. The molecule has 5 heteroatoms. The summed E-state index contributed by atoms with van der Waals surface area (Å²) in [6.07, 6.45) is 0.919. The second-order valence-electron chi connectivity index (χ2n) is 4.78. The molecule has 0 aromatic heterocycles. The molecule has 1 aromatic carbocycles. The first-order valence-corrected chi connectivity index (χ1v) is 6.88. The molecule has 20 heavy (non-hydrogen) atoms. The lowest BCUT2D eigenvalue weighted by Gasteiger charge is -2.12. The molecular weight excluding hydrogens is 254 g/mol. The zero-order valence-corrected chi connectivity index (χ0v) is 12.3. The van der Waals surface area contributed by atoms with E-state index in [9.17, 15) is 9.59 Å². The number of amides is 2. The molecule has 0 aliphatic heterocycles. The van der Waals surface area contributed by atoms with Gasteiger partial charge in [0.2, 0.25) is 11.8 Å². The van der Waals surface area contributed by atoms with Crippen LogP contribution in [0.2, 0.25) is 0 Å². The molecule has 5 nitrogen and oxygen atoms in total. The van der Waals surface area contributed by atoms with Crippen LogP contribution in [-0.4, -0.2) is 32.0 Å². The fourth-order valence-electron chi connectivity index (χ4n) is 1.81. The van der Waals surface area contributed by atoms with Crippen LogP contribution in [-0.2, 0) is 16.0 Å². The van der Waals surface area contributed by atoms with Crippen LogP contribution in [0, 0.1) is 5.92 Å². The van der Waals surface area contributed by atoms with Gasteiger partial charge in [-0.05, 0) is 31.2 Å². The number of rotatable bonds is 7. The van der Waals surface area contributed by atoms with Gasteiger partial charge in [0.05, 0.1) is 6.54 Å². The van der Waals surface area contributed by atoms with Crippen molar-refractivity contribution in [2.24, 2.45) is 5.92 Å². The molecule has 0 saturated heterocycles. The van der Waals surface area contributed by atoms with Gasteiger partial charge in [-0.2, -0.15) is 0 Å². The number of carbonyl (C=O) groups excluding carboxylic acids is 2. The molecule has 0 bridgehead atoms. The summed E-state index contributed by atoms with van der Waals surface area (Å²) >= 11 is 0. The number of hydrogen-bond acceptors (Lipinski definition) is 3. The maximum atomic E-state index is 11.8. The van der Waals surface area contributed by atoms with E-state index in [1.165, 1.54) is 0 Å². The van der Waals surface area contributed by atoms with E-state index in [1.807, 2.05) is 31.2 Å². The van der Waals surface area contributed by atoms with Crippen molar-refractivity contribution >= 4 is 17.5 Å². The summed E-state index contributed by atoms with van der Waals surface area (Å²) in [5.41, 5.74) is 1.92. The molecule has 0 radical (unpaired) electrons. The SMILES string of the molecule is CCc1cccc(NC(=O)CNC(=O)C(C)CNC)c1. The monoisotopic (exact) mass is 277 g/mol. The fourth-order valence-corrected chi connectivity index (χ4v) is 1.81. The molecule has 2 amide bonds. The Morgan fingerprint density at radius 1 is 1.30 bits per heavy atom. The predicted octanol–water partition coefficient (Wildman–Crippen LogP) is 1.16. The standard InChI is InChI=1S/C15H23N3O2/c1-4-12-6-5-7-13(8-12)18-14(19)10-17-15(20)11(2)9-16-3/h5-8,11,16H,4,9-10H2,1-3H3,(H,17,20)(H,18,19). The third-order valence-electron chi connectivity index (χ3n) is 3.00. The first-order chi connectivity index (χ1) is 9.56. The van der Waals surface area contributed by atoms with Gasteiger partial charge in [0.1, 0.15) is 0 Å². The minimum absolute atomic E-state index is 0.0107. The van der Waals surface area contributed by atoms with Crippen molar-refractivity contribution in [2.45, 2.75) is 20.3 Å². The molecule has 0 aliphatic carbocycles. The zero-order valence-electron chi connectivity index (χ0n) is 12.3. The summed E-state index contributed by atoms with van der Waals surface area (Å²) in [5, 5.41) is 8.33. The van der Waals surface area contributed by atoms with Gasteiger partial charge >= 0.3 is 0 Å². The Labute approximate surface area is 120 Å². The maximum Gasteiger partial charge on any atom is 0.243 e. The van der Waals surface area contributed by atoms with Crippen LogP contribution in [0.1, 0.15) is 19.4 Å². The molecular formula is C15H23N3O2. The van der Waals surface area contributed by atoms with Gasteiger partial charge in [-0.25, -0.2) is 0 Å². The summed E-state index contributed by atoms with van der Waals surface area (Å²) in [6, 6.07) is 7.69. The quantitative estimate of drug-likeness (QED) is 0.700. The van der Waals surface area contributed by atoms with Gasteiger partial charge in [0.15, 0.2) is 0 Å². The summed E-state index contributed by atoms with van der Waals surface area (Å²) in [4.78, 5) is 23.4. The number of carbonyl (C=O) groups is 2. The van der Waals surface area contributed by atoms with E-state index >= 15 is 0 Å². The van der Waals surface area contributed by atoms with Crippen molar-refractivity contribution in [3.63, 3.8) is 0 Å². The first kappa shape index (κ1) is 16.2. The lowest BCUT2D eigenvalue weighted by Crippen LogP contribution is -2.38. The molecule has 0 spiro atoms. The molecule has 0 saturated carbocycles. The molecule has 1 aromatic rings. The van der Waals surface area contributed by atoms with E-state index in [2.05, 4.69) is 22.9 Å². The van der Waals surface area contributed by atoms with Crippen LogP contribution in [0.25, 0.3) is 0 Å². The minimum Gasteiger partial charge on any atom is -0.347 e. The smallest absolute Gasteiger partial charge is 0.243 e. The largest absolute Gasteiger partial charge is 0.347 e. The fraction of sp³-hybridized carbons (Fsp3) is 0.467. The number of anilines is 1. The second-order valence-corrected chi connectivity index (χ2v) is 4.78. The van der Waals surface area contributed by atoms with Crippen LogP contribution in [0.5, 0.6) is 0 Å². The van der Waals surface area contributed by atoms with E-state index in [-0.39, 0.29) is 24.3 Å². The highest BCUT2D eigenvalue weighted by atomic mass is 16.2. The molecule has 0 aliphatic rings. The average Bonchev–Trinajstić information content (AvgIpc) is 2.45. The van der Waals surface area contributed by atoms with Crippen LogP contribution in [0.15, 0.2) is 24.3 Å². The summed E-state index contributed by atoms with van der Waals surface area (Å²) in [7, 11) is 1.79. The van der Waals surface area contributed by atoms with Gasteiger partial charge in [-0.3, -0.25) is 9.59 Å². The van der Waals surface area contributed by atoms with Crippen LogP contribution in [0.3, 0.4) is 0 Å². The van der Waals surface area contributed by atoms with E-state index in [0.717, 1.165) is 17.7 Å². The third kappa shape index (κ3) is 5.40. The topological polar surface area (TPSA) is 70.2 Å². The first-order valence-electron chi connectivity index (χ1n) is 6.88. The normalized spacial score (nSPS) is 11.8. The second kappa shape index (κ2) is 8.32. The maximum absolute atomic E-state index is 11.8. The predicted molar refractivity (Wildman–Crippen MR) is 80.6 cm³/mol. The van der Waals surface area contributed by atoms with Crippen molar-refractivity contribution < 1.29 is 9.59 Å². The summed E-state index contributed by atoms with van der Waals surface area (Å²) in [6.45, 7) is 4.45. The van der Waals surface area contributed by atoms with Crippen LogP contribution >= 0.6 is 0 Å². The van der Waals surface area contributed by atoms with E-state index in [4.69, 9.17) is 0 Å². The Morgan fingerprint density at radius 3 is 2.70 bits per heavy atom. The van der Waals surface area contributed by atoms with Crippen molar-refractivity contribution in [2.75, 3.05) is 25.5 Å². The Morgan fingerprint density at radius 2 is 2.05 bits per heavy atom. The summed E-state index contributed by atoms with van der Waals surface area (Å²) < 4.78 is 0. The van der Waals surface area contributed by atoms with Crippen LogP contribution < -0.4 is 16.0 Å². The molecule has 1 atom stereocenters. The van der Waals surface area contributed by atoms with Crippen LogP contribution in [0.4, 0.5) is 5.69 Å². The Kier molecular flexibility index (Phi) is 6.73. The molecule has 0 fully saturated rings. The summed E-state index contributed by atoms with van der Waals surface area (Å²) in [5.74, 6) is -0.503. The highest BCUT2D eigenvalue weighted by Crippen LogP contribution is 2.10. The molecule has 0 heterocycles. The van der Waals surface area contributed by atoms with Gasteiger partial charge in [0.25, 0.3) is 0 Å². The van der Waals surface area contributed by atoms with E-state index in [0.29, 0.717) is 6.54 Å². The molecule has 110 valence electrons. The Hall–Kier alpha value is -1.88. The average molecular weight is 277 g/mol. The van der Waals surface area contributed by atoms with Crippen molar-refractivity contribution in [3.8, 4) is 0 Å². The molecule has 3 N–H and O–H groups in total. The number of benzene rings is 1. The van der Waals surface area contributed by atoms with E-state index in [1.54, 1.807) is 7.05 Å². The van der Waals surface area contributed by atoms with Gasteiger partial charge < -0.3 is 16.0 Å². The zero-order chi connectivity index (χ0) is 15.0. The Bertz CT molecular complexity index is 460. The molecule has 1 rings (SSSR count). The number of nitrogens with one attached hydrogen (secondary N) is 3. The van der Waals surface area contributed by atoms with Crippen molar-refractivity contribution in [3.05, 3.63) is 29.8 Å². The number of aryl methyl sites for hydroxylation is 1. The van der Waals surface area contributed by atoms with E-state index < -0.39 is 0 Å². The van der Waals surface area contributed by atoms with Crippen molar-refractivity contribution in [1.29, 1.82) is 0 Å². The third-order valence-corrected chi connectivity index (χ3v) is 3.00. The van der Waals surface area contributed by atoms with Gasteiger partial charge in [0, 0.05) is 18.2 Å². The highest BCUT2D eigenvalue weighted by molar-refractivity contribution is 5.94. The highest BCUT2D eigenvalue weighted by Gasteiger charge is 2.12. The number of hydrogen-bond donors (Lipinski definition) is 3. The minimum atomic E-state index is -0.219. The van der Waals surface area contributed by atoms with Crippen molar-refractivity contribution in [1.82, 2.24) is 10.6 Å². The van der Waals surface area contributed by atoms with Gasteiger partial charge in [-0.15, -0.1) is 0 Å². The molecule has 1 unspecified atom stereocenters. The Balaban J connectivity index is 2.41. The lowest BCUT2D eigenvalue weighted by atomic mass is 10.1.